The highest BCUT2D eigenvalue weighted by Gasteiger charge is 2.29. The van der Waals surface area contributed by atoms with Gasteiger partial charge in [0.25, 0.3) is 0 Å². The van der Waals surface area contributed by atoms with Gasteiger partial charge in [-0.1, -0.05) is 17.7 Å². The summed E-state index contributed by atoms with van der Waals surface area (Å²) in [7, 11) is 0. The fourth-order valence-electron chi connectivity index (χ4n) is 7.00. The number of hydrogen-bond acceptors (Lipinski definition) is 7. The second-order valence-electron chi connectivity index (χ2n) is 16.0. The summed E-state index contributed by atoms with van der Waals surface area (Å²) < 4.78 is 26.1. The van der Waals surface area contributed by atoms with E-state index in [2.05, 4.69) is 10.6 Å². The lowest BCUT2D eigenvalue weighted by Crippen LogP contribution is -2.42. The Morgan fingerprint density at radius 2 is 1.39 bits per heavy atom. The molecule has 0 unspecified atom stereocenters. The van der Waals surface area contributed by atoms with Crippen molar-refractivity contribution >= 4 is 34.8 Å². The molecule has 0 spiro atoms. The number of aromatic nitrogens is 2. The third-order valence-electron chi connectivity index (χ3n) is 9.35. The lowest BCUT2D eigenvalue weighted by Gasteiger charge is -2.34. The zero-order valence-corrected chi connectivity index (χ0v) is 32.2. The van der Waals surface area contributed by atoms with E-state index in [-0.39, 0.29) is 12.2 Å². The van der Waals surface area contributed by atoms with E-state index in [9.17, 15) is 9.59 Å². The molecule has 0 saturated carbocycles. The number of amides is 2. The largest absolute Gasteiger partial charge is 0.491 e. The van der Waals surface area contributed by atoms with Crippen molar-refractivity contribution in [3.8, 4) is 11.5 Å². The van der Waals surface area contributed by atoms with Crippen LogP contribution in [0.15, 0.2) is 42.5 Å². The highest BCUT2D eigenvalue weighted by atomic mass is 35.5. The van der Waals surface area contributed by atoms with Gasteiger partial charge >= 0.3 is 12.2 Å². The molecule has 0 aliphatic carbocycles. The molecule has 1 aromatic heterocycles. The molecule has 2 fully saturated rings. The van der Waals surface area contributed by atoms with E-state index < -0.39 is 11.2 Å². The number of fused-ring (bicyclic) bond motifs is 1. The number of carbonyl (C=O) groups excluding carboxylic acids is 2. The van der Waals surface area contributed by atoms with E-state index in [1.807, 2.05) is 87.7 Å². The zero-order valence-electron chi connectivity index (χ0n) is 31.4. The molecule has 5 rings (SSSR count). The Bertz CT molecular complexity index is 1600. The van der Waals surface area contributed by atoms with E-state index in [1.165, 1.54) is 0 Å². The summed E-state index contributed by atoms with van der Waals surface area (Å²) in [5, 5.41) is 0.660. The summed E-state index contributed by atoms with van der Waals surface area (Å²) in [6.07, 6.45) is 7.57. The molecule has 3 aromatic rings. The van der Waals surface area contributed by atoms with Crippen LogP contribution in [0.5, 0.6) is 11.5 Å². The lowest BCUT2D eigenvalue weighted by atomic mass is 9.93. The number of aryl methyl sites for hydroxylation is 1. The molecule has 51 heavy (non-hydrogen) atoms. The third-order valence-corrected chi connectivity index (χ3v) is 9.60. The normalized spacial score (nSPS) is 18.5. The van der Waals surface area contributed by atoms with Crippen LogP contribution in [-0.2, 0) is 22.6 Å². The number of halogens is 1. The molecule has 2 aromatic carbocycles. The molecule has 10 nitrogen and oxygen atoms in total. The number of para-hydroxylation sites is 1. The van der Waals surface area contributed by atoms with Crippen LogP contribution in [0.2, 0.25) is 5.02 Å². The maximum Gasteiger partial charge on any atom is 0.410 e. The number of carbonyl (C=O) groups is 2. The Morgan fingerprint density at radius 1 is 0.804 bits per heavy atom. The van der Waals surface area contributed by atoms with Gasteiger partial charge in [0.2, 0.25) is 0 Å². The molecule has 2 atom stereocenters. The average molecular weight is 725 g/mol. The Labute approximate surface area is 308 Å². The number of rotatable bonds is 12. The first-order valence-electron chi connectivity index (χ1n) is 18.7. The maximum atomic E-state index is 12.7. The number of ether oxygens (including phenoxy) is 4. The van der Waals surface area contributed by atoms with Gasteiger partial charge in [-0.15, -0.1) is 0 Å². The fourth-order valence-corrected chi connectivity index (χ4v) is 7.13. The second kappa shape index (κ2) is 17.2. The van der Waals surface area contributed by atoms with E-state index in [1.54, 1.807) is 0 Å². The summed E-state index contributed by atoms with van der Waals surface area (Å²) in [5.74, 6) is 3.18. The second-order valence-corrected chi connectivity index (χ2v) is 16.5. The molecule has 11 heteroatoms. The summed E-state index contributed by atoms with van der Waals surface area (Å²) in [6.45, 7) is 16.1. The summed E-state index contributed by atoms with van der Waals surface area (Å²) >= 11 is 6.10. The smallest absolute Gasteiger partial charge is 0.410 e. The standard InChI is InChI=1S/C40H57ClN4O6/c1-39(2,3)50-37(46)43-22-8-12-29(26-43)14-10-24-45-33-16-7-17-34(36(33)42-35(45)28-49-32-20-18-31(41)19-21-32)48-25-11-15-30-13-9-23-44(27-30)38(47)51-40(4,5)6/h7,16-21,29-30H,8-15,22-28H2,1-6H3/t29-,30+/m0/s1. The minimum atomic E-state index is -0.500. The topological polar surface area (TPSA) is 95.4 Å². The quantitative estimate of drug-likeness (QED) is 0.172. The molecule has 280 valence electrons. The Balaban J connectivity index is 1.21. The SMILES string of the molecule is CC(C)(C)OC(=O)N1CCC[C@H](CCCOc2cccc3c2nc(COc2ccc(Cl)cc2)n3CCC[C@@H]2CCCN(C(=O)OC(C)(C)C)C2)C1. The van der Waals surface area contributed by atoms with Crippen LogP contribution in [0.4, 0.5) is 9.59 Å². The molecule has 2 aliphatic heterocycles. The Hall–Kier alpha value is -3.66. The Kier molecular flexibility index (Phi) is 13.0. The van der Waals surface area contributed by atoms with Gasteiger partial charge in [0, 0.05) is 37.7 Å². The van der Waals surface area contributed by atoms with Crippen molar-refractivity contribution in [2.75, 3.05) is 32.8 Å². The predicted octanol–water partition coefficient (Wildman–Crippen LogP) is 9.50. The zero-order chi connectivity index (χ0) is 36.6. The van der Waals surface area contributed by atoms with Crippen molar-refractivity contribution in [3.63, 3.8) is 0 Å². The monoisotopic (exact) mass is 724 g/mol. The molecular weight excluding hydrogens is 668 g/mol. The third kappa shape index (κ3) is 11.7. The minimum Gasteiger partial charge on any atom is -0.491 e. The highest BCUT2D eigenvalue weighted by molar-refractivity contribution is 6.30. The number of benzene rings is 2. The molecule has 3 heterocycles. The number of nitrogens with zero attached hydrogens (tertiary/aromatic N) is 4. The molecule has 2 amide bonds. The first-order valence-corrected chi connectivity index (χ1v) is 19.1. The van der Waals surface area contributed by atoms with Gasteiger partial charge in [-0.3, -0.25) is 0 Å². The van der Waals surface area contributed by atoms with Gasteiger partial charge in [0.05, 0.1) is 12.1 Å². The van der Waals surface area contributed by atoms with Crippen LogP contribution in [0.1, 0.15) is 98.7 Å². The van der Waals surface area contributed by atoms with Crippen molar-refractivity contribution < 1.29 is 28.5 Å². The van der Waals surface area contributed by atoms with Gasteiger partial charge in [-0.05, 0) is 141 Å². The fraction of sp³-hybridized carbons (Fsp3) is 0.625. The van der Waals surface area contributed by atoms with E-state index in [0.717, 1.165) is 112 Å². The maximum absolute atomic E-state index is 12.7. The summed E-state index contributed by atoms with van der Waals surface area (Å²) in [5.41, 5.74) is 0.852. The molecule has 2 aliphatic rings. The van der Waals surface area contributed by atoms with Crippen LogP contribution in [0.3, 0.4) is 0 Å². The average Bonchev–Trinajstić information content (AvgIpc) is 3.43. The van der Waals surface area contributed by atoms with Crippen LogP contribution >= 0.6 is 11.6 Å². The van der Waals surface area contributed by atoms with Crippen molar-refractivity contribution in [1.29, 1.82) is 0 Å². The number of imidazole rings is 1. The van der Waals surface area contributed by atoms with E-state index in [4.69, 9.17) is 35.5 Å². The predicted molar refractivity (Wildman–Crippen MR) is 201 cm³/mol. The highest BCUT2D eigenvalue weighted by Crippen LogP contribution is 2.30. The van der Waals surface area contributed by atoms with Crippen molar-refractivity contribution in [2.24, 2.45) is 11.8 Å². The molecular formula is C40H57ClN4O6. The Morgan fingerprint density at radius 3 is 1.98 bits per heavy atom. The van der Waals surface area contributed by atoms with Gasteiger partial charge < -0.3 is 33.3 Å². The molecule has 0 radical (unpaired) electrons. The van der Waals surface area contributed by atoms with Crippen LogP contribution < -0.4 is 9.47 Å². The van der Waals surface area contributed by atoms with Gasteiger partial charge in [-0.2, -0.15) is 0 Å². The van der Waals surface area contributed by atoms with Crippen molar-refractivity contribution in [2.45, 2.75) is 117 Å². The van der Waals surface area contributed by atoms with Crippen LogP contribution in [-0.4, -0.2) is 75.5 Å². The first-order chi connectivity index (χ1) is 24.2. The van der Waals surface area contributed by atoms with Gasteiger partial charge in [0.15, 0.2) is 0 Å². The van der Waals surface area contributed by atoms with Gasteiger partial charge in [-0.25, -0.2) is 14.6 Å². The van der Waals surface area contributed by atoms with Crippen LogP contribution in [0.25, 0.3) is 11.0 Å². The number of hydrogen-bond donors (Lipinski definition) is 0. The van der Waals surface area contributed by atoms with Crippen molar-refractivity contribution in [1.82, 2.24) is 19.4 Å². The molecule has 0 bridgehead atoms. The van der Waals surface area contributed by atoms with Crippen molar-refractivity contribution in [3.05, 3.63) is 53.3 Å². The van der Waals surface area contributed by atoms with E-state index >= 15 is 0 Å². The van der Waals surface area contributed by atoms with Gasteiger partial charge in [0.1, 0.15) is 40.6 Å². The first kappa shape index (κ1) is 38.6. The number of likely N-dealkylation sites (tertiary alicyclic amines) is 2. The number of piperidine rings is 2. The lowest BCUT2D eigenvalue weighted by molar-refractivity contribution is 0.0150. The van der Waals surface area contributed by atoms with E-state index in [0.29, 0.717) is 30.1 Å². The molecule has 2 saturated heterocycles. The summed E-state index contributed by atoms with van der Waals surface area (Å²) in [4.78, 5) is 34.2. The minimum absolute atomic E-state index is 0.219. The molecule has 0 N–H and O–H groups in total. The summed E-state index contributed by atoms with van der Waals surface area (Å²) in [6, 6.07) is 13.5. The van der Waals surface area contributed by atoms with Crippen LogP contribution in [0, 0.1) is 11.8 Å².